The van der Waals surface area contributed by atoms with Crippen molar-refractivity contribution >= 4 is 5.97 Å². The molecule has 1 aromatic carbocycles. The summed E-state index contributed by atoms with van der Waals surface area (Å²) in [6.45, 7) is 0.907. The smallest absolute Gasteiger partial charge is 0.358 e. The summed E-state index contributed by atoms with van der Waals surface area (Å²) in [5.41, 5.74) is 7.22. The first kappa shape index (κ1) is 22.9. The molecular weight excluding hydrogens is 370 g/mol. The van der Waals surface area contributed by atoms with E-state index in [0.717, 1.165) is 44.0 Å². The fraction of sp³-hybridized carbons (Fsp3) is 0.591. The molecule has 7 heteroatoms. The number of rotatable bonds is 7. The quantitative estimate of drug-likeness (QED) is 0.236. The van der Waals surface area contributed by atoms with Crippen molar-refractivity contribution in [1.29, 1.82) is 0 Å². The first-order valence-electron chi connectivity index (χ1n) is 10.6. The van der Waals surface area contributed by atoms with Gasteiger partial charge in [0.2, 0.25) is 5.88 Å². The number of hydrogen-bond acceptors (Lipinski definition) is 6. The van der Waals surface area contributed by atoms with E-state index in [1.165, 1.54) is 38.5 Å². The van der Waals surface area contributed by atoms with Crippen molar-refractivity contribution in [1.82, 2.24) is 5.43 Å². The molecule has 0 aromatic heterocycles. The number of nitrogens with two attached hydrogens (primary N) is 2. The lowest BCUT2D eigenvalue weighted by molar-refractivity contribution is -0.133. The highest BCUT2D eigenvalue weighted by atomic mass is 16.5. The Morgan fingerprint density at radius 1 is 1.00 bits per heavy atom. The maximum absolute atomic E-state index is 10.7. The third-order valence-electron chi connectivity index (χ3n) is 5.40. The zero-order valence-corrected chi connectivity index (χ0v) is 17.1. The maximum atomic E-state index is 10.7. The second-order valence-corrected chi connectivity index (χ2v) is 7.69. The molecule has 7 nitrogen and oxygen atoms in total. The van der Waals surface area contributed by atoms with E-state index in [-0.39, 0.29) is 17.7 Å². The monoisotopic (exact) mass is 405 g/mol. The Hall–Kier alpha value is -2.41. The Labute approximate surface area is 173 Å². The normalized spacial score (nSPS) is 18.7. The molecule has 0 radical (unpaired) electrons. The van der Waals surface area contributed by atoms with E-state index in [1.54, 1.807) is 0 Å². The second kappa shape index (κ2) is 12.9. The van der Waals surface area contributed by atoms with Gasteiger partial charge in [-0.15, -0.1) is 0 Å². The lowest BCUT2D eigenvalue weighted by Crippen LogP contribution is -2.32. The van der Waals surface area contributed by atoms with Crippen molar-refractivity contribution in [3.63, 3.8) is 0 Å². The predicted molar refractivity (Wildman–Crippen MR) is 113 cm³/mol. The SMILES string of the molecule is NN/C(C(=O)O)=C(\N)OC1CCCCC1.c1ccc(OCC2CCCCC2)cc1. The van der Waals surface area contributed by atoms with E-state index in [1.807, 2.05) is 35.8 Å². The molecule has 29 heavy (non-hydrogen) atoms. The molecule has 2 aliphatic rings. The lowest BCUT2D eigenvalue weighted by Gasteiger charge is -2.23. The van der Waals surface area contributed by atoms with Crippen LogP contribution in [0.2, 0.25) is 0 Å². The van der Waals surface area contributed by atoms with Gasteiger partial charge in [0.1, 0.15) is 11.9 Å². The lowest BCUT2D eigenvalue weighted by atomic mass is 9.90. The molecule has 3 rings (SSSR count). The standard InChI is InChI=1S/C13H18O.C9H17N3O3/c1-3-7-12(8-4-1)11-14-13-9-5-2-6-10-13;10-8(7(12-11)9(13)14)15-6-4-2-1-3-5-6/h2,5-6,9-10,12H,1,3-4,7-8,11H2;6,12H,1-5,10-11H2,(H,13,14)/b;8-7+. The predicted octanol–water partition coefficient (Wildman–Crippen LogP) is 3.66. The molecule has 162 valence electrons. The number of para-hydroxylation sites is 1. The topological polar surface area (TPSA) is 120 Å². The van der Waals surface area contributed by atoms with Gasteiger partial charge in [0.25, 0.3) is 0 Å². The molecule has 0 unspecified atom stereocenters. The van der Waals surface area contributed by atoms with Crippen LogP contribution in [0, 0.1) is 5.92 Å². The minimum absolute atomic E-state index is 0.0152. The Morgan fingerprint density at radius 2 is 1.59 bits per heavy atom. The average Bonchev–Trinajstić information content (AvgIpc) is 2.75. The van der Waals surface area contributed by atoms with Crippen molar-refractivity contribution in [2.24, 2.45) is 17.5 Å². The minimum atomic E-state index is -1.22. The van der Waals surface area contributed by atoms with Gasteiger partial charge in [-0.05, 0) is 56.6 Å². The summed E-state index contributed by atoms with van der Waals surface area (Å²) in [6, 6.07) is 10.1. The molecule has 0 amide bonds. The molecule has 0 aliphatic heterocycles. The van der Waals surface area contributed by atoms with Crippen LogP contribution < -0.4 is 21.7 Å². The summed E-state index contributed by atoms with van der Waals surface area (Å²) >= 11 is 0. The van der Waals surface area contributed by atoms with E-state index >= 15 is 0 Å². The van der Waals surface area contributed by atoms with E-state index in [0.29, 0.717) is 0 Å². The van der Waals surface area contributed by atoms with Crippen LogP contribution in [-0.2, 0) is 9.53 Å². The van der Waals surface area contributed by atoms with Crippen LogP contribution in [0.3, 0.4) is 0 Å². The Balaban J connectivity index is 0.000000207. The first-order chi connectivity index (χ1) is 14.1. The van der Waals surface area contributed by atoms with E-state index in [9.17, 15) is 4.79 Å². The molecule has 1 aromatic rings. The summed E-state index contributed by atoms with van der Waals surface area (Å²) in [5.74, 6) is 5.48. The van der Waals surface area contributed by atoms with Gasteiger partial charge in [0.15, 0.2) is 5.70 Å². The largest absolute Gasteiger partial charge is 0.493 e. The van der Waals surface area contributed by atoms with Gasteiger partial charge in [-0.25, -0.2) is 4.79 Å². The zero-order chi connectivity index (χ0) is 20.9. The van der Waals surface area contributed by atoms with Crippen molar-refractivity contribution in [2.45, 2.75) is 70.3 Å². The zero-order valence-electron chi connectivity index (χ0n) is 17.1. The highest BCUT2D eigenvalue weighted by Gasteiger charge is 2.19. The molecule has 2 saturated carbocycles. The summed E-state index contributed by atoms with van der Waals surface area (Å²) in [4.78, 5) is 10.7. The van der Waals surface area contributed by atoms with Gasteiger partial charge in [0.05, 0.1) is 6.61 Å². The van der Waals surface area contributed by atoms with Gasteiger partial charge in [-0.3, -0.25) is 5.84 Å². The summed E-state index contributed by atoms with van der Waals surface area (Å²) < 4.78 is 11.1. The summed E-state index contributed by atoms with van der Waals surface area (Å²) in [7, 11) is 0. The number of ether oxygens (including phenoxy) is 2. The fourth-order valence-corrected chi connectivity index (χ4v) is 3.74. The number of hydrogen-bond donors (Lipinski definition) is 4. The molecule has 0 bridgehead atoms. The van der Waals surface area contributed by atoms with E-state index in [4.69, 9.17) is 26.2 Å². The van der Waals surface area contributed by atoms with Gasteiger partial charge in [-0.1, -0.05) is 43.9 Å². The highest BCUT2D eigenvalue weighted by Crippen LogP contribution is 2.24. The van der Waals surface area contributed by atoms with Crippen LogP contribution in [-0.4, -0.2) is 23.8 Å². The van der Waals surface area contributed by atoms with Gasteiger partial charge in [0, 0.05) is 0 Å². The number of carboxylic acids is 1. The minimum Gasteiger partial charge on any atom is -0.493 e. The Kier molecular flexibility index (Phi) is 10.2. The fourth-order valence-electron chi connectivity index (χ4n) is 3.74. The van der Waals surface area contributed by atoms with Crippen molar-refractivity contribution in [3.05, 3.63) is 41.9 Å². The van der Waals surface area contributed by atoms with E-state index in [2.05, 4.69) is 0 Å². The third-order valence-corrected chi connectivity index (χ3v) is 5.40. The Bertz CT molecular complexity index is 624. The molecule has 0 atom stereocenters. The van der Waals surface area contributed by atoms with Crippen LogP contribution in [0.25, 0.3) is 0 Å². The van der Waals surface area contributed by atoms with Crippen LogP contribution in [0.4, 0.5) is 0 Å². The summed E-state index contributed by atoms with van der Waals surface area (Å²) in [5, 5.41) is 8.71. The van der Waals surface area contributed by atoms with Gasteiger partial charge < -0.3 is 25.7 Å². The number of hydrazine groups is 1. The number of carboxylic acid groups (broad SMARTS) is 1. The summed E-state index contributed by atoms with van der Waals surface area (Å²) in [6.07, 6.45) is 12.1. The number of aliphatic carboxylic acids is 1. The molecular formula is C22H35N3O4. The van der Waals surface area contributed by atoms with Crippen LogP contribution in [0.15, 0.2) is 41.9 Å². The third kappa shape index (κ3) is 8.64. The van der Waals surface area contributed by atoms with Crippen molar-refractivity contribution in [3.8, 4) is 5.75 Å². The maximum Gasteiger partial charge on any atom is 0.358 e. The first-order valence-corrected chi connectivity index (χ1v) is 10.6. The highest BCUT2D eigenvalue weighted by molar-refractivity contribution is 5.86. The molecule has 6 N–H and O–H groups in total. The molecule has 0 spiro atoms. The molecule has 0 saturated heterocycles. The van der Waals surface area contributed by atoms with E-state index < -0.39 is 5.97 Å². The van der Waals surface area contributed by atoms with Crippen molar-refractivity contribution in [2.75, 3.05) is 6.61 Å². The Morgan fingerprint density at radius 3 is 2.14 bits per heavy atom. The molecule has 2 aliphatic carbocycles. The number of nitrogens with one attached hydrogen (secondary N) is 1. The van der Waals surface area contributed by atoms with Gasteiger partial charge in [-0.2, -0.15) is 0 Å². The number of benzene rings is 1. The number of carbonyl (C=O) groups is 1. The van der Waals surface area contributed by atoms with Crippen LogP contribution in [0.5, 0.6) is 5.75 Å². The second-order valence-electron chi connectivity index (χ2n) is 7.69. The van der Waals surface area contributed by atoms with Crippen LogP contribution >= 0.6 is 0 Å². The average molecular weight is 406 g/mol. The van der Waals surface area contributed by atoms with Gasteiger partial charge >= 0.3 is 5.97 Å². The van der Waals surface area contributed by atoms with Crippen molar-refractivity contribution < 1.29 is 19.4 Å². The molecule has 0 heterocycles. The molecule has 2 fully saturated rings. The van der Waals surface area contributed by atoms with Crippen LogP contribution in [0.1, 0.15) is 64.2 Å².